The van der Waals surface area contributed by atoms with Crippen LogP contribution in [0.4, 0.5) is 0 Å². The molecule has 1 aromatic carbocycles. The maximum atomic E-state index is 12.4. The van der Waals surface area contributed by atoms with E-state index in [9.17, 15) is 4.79 Å². The zero-order valence-electron chi connectivity index (χ0n) is 16.9. The van der Waals surface area contributed by atoms with Crippen molar-refractivity contribution in [3.63, 3.8) is 0 Å². The summed E-state index contributed by atoms with van der Waals surface area (Å²) < 4.78 is 1.03. The molecule has 1 heterocycles. The van der Waals surface area contributed by atoms with Crippen LogP contribution in [-0.4, -0.2) is 68.5 Å². The fraction of sp³-hybridized carbons (Fsp3) is 0.600. The molecule has 1 aliphatic rings. The number of halogens is 2. The number of rotatable bonds is 8. The Morgan fingerprint density at radius 1 is 1.18 bits per heavy atom. The number of aliphatic imine (C=N–C) groups is 1. The predicted octanol–water partition coefficient (Wildman–Crippen LogP) is 3.07. The van der Waals surface area contributed by atoms with Crippen LogP contribution in [0.5, 0.6) is 0 Å². The maximum Gasteiger partial charge on any atom is 0.224 e. The Bertz CT molecular complexity index is 622. The van der Waals surface area contributed by atoms with Crippen LogP contribution in [0.1, 0.15) is 31.2 Å². The molecule has 158 valence electrons. The third kappa shape index (κ3) is 9.09. The standard InChI is InChI=1S/C20H32BrN5O.HI/c1-22-20(24-12-15-26-13-6-3-7-14-26)23-11-10-19(27)25(2)16-17-8-4-5-9-18(17)21;/h4-5,8-9H,3,6-7,10-16H2,1-2H3,(H2,22,23,24);1H. The van der Waals surface area contributed by atoms with Crippen LogP contribution in [0.2, 0.25) is 0 Å². The Morgan fingerprint density at radius 2 is 1.86 bits per heavy atom. The average molecular weight is 566 g/mol. The Balaban J connectivity index is 0.00000392. The van der Waals surface area contributed by atoms with Crippen molar-refractivity contribution in [3.05, 3.63) is 34.3 Å². The van der Waals surface area contributed by atoms with Crippen molar-refractivity contribution in [2.75, 3.05) is 46.8 Å². The van der Waals surface area contributed by atoms with Gasteiger partial charge in [-0.3, -0.25) is 9.79 Å². The summed E-state index contributed by atoms with van der Waals surface area (Å²) in [5.41, 5.74) is 1.11. The maximum absolute atomic E-state index is 12.4. The van der Waals surface area contributed by atoms with Gasteiger partial charge in [0, 0.05) is 51.2 Å². The van der Waals surface area contributed by atoms with E-state index < -0.39 is 0 Å². The molecule has 0 bridgehead atoms. The number of hydrogen-bond donors (Lipinski definition) is 2. The molecule has 28 heavy (non-hydrogen) atoms. The first kappa shape index (κ1) is 25.2. The number of carbonyl (C=O) groups is 1. The first-order valence-electron chi connectivity index (χ1n) is 9.74. The Morgan fingerprint density at radius 3 is 2.54 bits per heavy atom. The van der Waals surface area contributed by atoms with Gasteiger partial charge < -0.3 is 20.4 Å². The van der Waals surface area contributed by atoms with Crippen LogP contribution in [0.25, 0.3) is 0 Å². The highest BCUT2D eigenvalue weighted by Crippen LogP contribution is 2.17. The van der Waals surface area contributed by atoms with E-state index in [0.717, 1.165) is 29.1 Å². The zero-order valence-corrected chi connectivity index (χ0v) is 20.8. The number of nitrogens with one attached hydrogen (secondary N) is 2. The van der Waals surface area contributed by atoms with Crippen LogP contribution in [0.3, 0.4) is 0 Å². The Hall–Kier alpha value is -0.870. The molecular formula is C20H33BrIN5O. The number of nitrogens with zero attached hydrogens (tertiary/aromatic N) is 3. The van der Waals surface area contributed by atoms with Crippen molar-refractivity contribution >= 4 is 51.8 Å². The second-order valence-electron chi connectivity index (χ2n) is 6.92. The molecule has 6 nitrogen and oxygen atoms in total. The second kappa shape index (κ2) is 14.2. The SMILES string of the molecule is CN=C(NCCC(=O)N(C)Cc1ccccc1Br)NCCN1CCCCC1.I. The topological polar surface area (TPSA) is 60.0 Å². The average Bonchev–Trinajstić information content (AvgIpc) is 2.69. The third-order valence-corrected chi connectivity index (χ3v) is 5.59. The number of benzene rings is 1. The van der Waals surface area contributed by atoms with E-state index in [1.54, 1.807) is 11.9 Å². The normalized spacial score (nSPS) is 14.9. The van der Waals surface area contributed by atoms with Crippen molar-refractivity contribution in [2.24, 2.45) is 4.99 Å². The molecule has 0 aliphatic carbocycles. The second-order valence-corrected chi connectivity index (χ2v) is 7.77. The molecule has 8 heteroatoms. The highest BCUT2D eigenvalue weighted by Gasteiger charge is 2.12. The fourth-order valence-electron chi connectivity index (χ4n) is 3.19. The molecular weight excluding hydrogens is 533 g/mol. The molecule has 2 rings (SSSR count). The highest BCUT2D eigenvalue weighted by molar-refractivity contribution is 14.0. The van der Waals surface area contributed by atoms with Gasteiger partial charge in [-0.1, -0.05) is 40.5 Å². The summed E-state index contributed by atoms with van der Waals surface area (Å²) in [7, 11) is 3.60. The molecule has 0 spiro atoms. The van der Waals surface area contributed by atoms with E-state index in [1.807, 2.05) is 31.3 Å². The van der Waals surface area contributed by atoms with E-state index in [4.69, 9.17) is 0 Å². The minimum absolute atomic E-state index is 0. The van der Waals surface area contributed by atoms with E-state index in [-0.39, 0.29) is 29.9 Å². The van der Waals surface area contributed by atoms with Crippen molar-refractivity contribution in [2.45, 2.75) is 32.2 Å². The molecule has 0 aromatic heterocycles. The minimum atomic E-state index is 0. The number of guanidine groups is 1. The van der Waals surface area contributed by atoms with Crippen LogP contribution < -0.4 is 10.6 Å². The van der Waals surface area contributed by atoms with Gasteiger partial charge in [-0.05, 0) is 37.6 Å². The molecule has 1 aromatic rings. The van der Waals surface area contributed by atoms with E-state index in [0.29, 0.717) is 19.5 Å². The zero-order chi connectivity index (χ0) is 19.5. The largest absolute Gasteiger partial charge is 0.356 e. The van der Waals surface area contributed by atoms with Crippen LogP contribution in [0, 0.1) is 0 Å². The summed E-state index contributed by atoms with van der Waals surface area (Å²) in [6, 6.07) is 7.98. The number of amides is 1. The van der Waals surface area contributed by atoms with Gasteiger partial charge in [0.05, 0.1) is 0 Å². The first-order chi connectivity index (χ1) is 13.1. The van der Waals surface area contributed by atoms with E-state index in [2.05, 4.69) is 36.5 Å². The molecule has 2 N–H and O–H groups in total. The van der Waals surface area contributed by atoms with Gasteiger partial charge in [-0.15, -0.1) is 24.0 Å². The van der Waals surface area contributed by atoms with Gasteiger partial charge in [0.25, 0.3) is 0 Å². The van der Waals surface area contributed by atoms with Crippen LogP contribution in [-0.2, 0) is 11.3 Å². The van der Waals surface area contributed by atoms with Crippen molar-refractivity contribution in [1.82, 2.24) is 20.4 Å². The number of hydrogen-bond acceptors (Lipinski definition) is 3. The van der Waals surface area contributed by atoms with Gasteiger partial charge in [-0.25, -0.2) is 0 Å². The summed E-state index contributed by atoms with van der Waals surface area (Å²) >= 11 is 3.53. The van der Waals surface area contributed by atoms with Crippen LogP contribution in [0.15, 0.2) is 33.7 Å². The Kier molecular flexibility index (Phi) is 12.7. The molecule has 1 saturated heterocycles. The number of carbonyl (C=O) groups excluding carboxylic acids is 1. The lowest BCUT2D eigenvalue weighted by atomic mass is 10.1. The van der Waals surface area contributed by atoms with Gasteiger partial charge >= 0.3 is 0 Å². The smallest absolute Gasteiger partial charge is 0.224 e. The summed E-state index contributed by atoms with van der Waals surface area (Å²) in [5, 5.41) is 6.56. The summed E-state index contributed by atoms with van der Waals surface area (Å²) in [6.45, 7) is 5.48. The summed E-state index contributed by atoms with van der Waals surface area (Å²) in [6.07, 6.45) is 4.41. The van der Waals surface area contributed by atoms with E-state index in [1.165, 1.54) is 32.4 Å². The molecule has 0 atom stereocenters. The molecule has 0 unspecified atom stereocenters. The molecule has 1 fully saturated rings. The molecule has 0 saturated carbocycles. The third-order valence-electron chi connectivity index (χ3n) is 4.82. The molecule has 1 aliphatic heterocycles. The lowest BCUT2D eigenvalue weighted by Gasteiger charge is -2.26. The van der Waals surface area contributed by atoms with Crippen LogP contribution >= 0.6 is 39.9 Å². The van der Waals surface area contributed by atoms with E-state index >= 15 is 0 Å². The number of likely N-dealkylation sites (tertiary alicyclic amines) is 1. The summed E-state index contributed by atoms with van der Waals surface area (Å²) in [4.78, 5) is 20.8. The first-order valence-corrected chi connectivity index (χ1v) is 10.5. The van der Waals surface area contributed by atoms with Gasteiger partial charge in [0.1, 0.15) is 0 Å². The van der Waals surface area contributed by atoms with Gasteiger partial charge in [-0.2, -0.15) is 0 Å². The quantitative estimate of drug-likeness (QED) is 0.289. The van der Waals surface area contributed by atoms with Crippen molar-refractivity contribution < 1.29 is 4.79 Å². The monoisotopic (exact) mass is 565 g/mol. The van der Waals surface area contributed by atoms with Gasteiger partial charge in [0.2, 0.25) is 5.91 Å². The van der Waals surface area contributed by atoms with Crippen molar-refractivity contribution in [3.8, 4) is 0 Å². The van der Waals surface area contributed by atoms with Gasteiger partial charge in [0.15, 0.2) is 5.96 Å². The Labute approximate surface area is 194 Å². The predicted molar refractivity (Wildman–Crippen MR) is 130 cm³/mol. The minimum Gasteiger partial charge on any atom is -0.356 e. The molecule has 0 radical (unpaired) electrons. The molecule has 1 amide bonds. The van der Waals surface area contributed by atoms with Crippen molar-refractivity contribution in [1.29, 1.82) is 0 Å². The lowest BCUT2D eigenvalue weighted by Crippen LogP contribution is -2.43. The lowest BCUT2D eigenvalue weighted by molar-refractivity contribution is -0.130. The number of piperidine rings is 1. The summed E-state index contributed by atoms with van der Waals surface area (Å²) in [5.74, 6) is 0.871. The highest BCUT2D eigenvalue weighted by atomic mass is 127. The fourth-order valence-corrected chi connectivity index (χ4v) is 3.60.